The Balaban J connectivity index is 1.93. The van der Waals surface area contributed by atoms with Crippen LogP contribution in [0.5, 0.6) is 5.75 Å². The zero-order valence-electron chi connectivity index (χ0n) is 10.9. The molecule has 0 unspecified atom stereocenters. The smallest absolute Gasteiger partial charge is 0.119 e. The molecule has 0 amide bonds. The highest BCUT2D eigenvalue weighted by atomic mass is 79.9. The maximum atomic E-state index is 6.05. The molecule has 0 saturated heterocycles. The topological polar surface area (TPSA) is 21.3 Å². The van der Waals surface area contributed by atoms with Gasteiger partial charge < -0.3 is 10.1 Å². The number of rotatable bonds is 6. The minimum absolute atomic E-state index is 0.523. The molecule has 20 heavy (non-hydrogen) atoms. The van der Waals surface area contributed by atoms with Crippen molar-refractivity contribution in [2.24, 2.45) is 0 Å². The van der Waals surface area contributed by atoms with Gasteiger partial charge in [-0.2, -0.15) is 0 Å². The fourth-order valence-electron chi connectivity index (χ4n) is 1.67. The number of ether oxygens (including phenoxy) is 1. The molecule has 0 atom stereocenters. The average molecular weight is 353 g/mol. The predicted molar refractivity (Wildman–Crippen MR) is 88.6 cm³/mol. The van der Waals surface area contributed by atoms with Gasteiger partial charge in [0, 0.05) is 16.7 Å². The summed E-state index contributed by atoms with van der Waals surface area (Å²) in [5, 5.41) is 4.03. The van der Waals surface area contributed by atoms with Crippen LogP contribution in [-0.2, 0) is 6.54 Å². The van der Waals surface area contributed by atoms with Crippen molar-refractivity contribution in [2.75, 3.05) is 11.9 Å². The van der Waals surface area contributed by atoms with Crippen molar-refractivity contribution in [2.45, 2.75) is 6.54 Å². The van der Waals surface area contributed by atoms with Gasteiger partial charge in [-0.1, -0.05) is 36.4 Å². The molecule has 0 aliphatic rings. The number of hydrogen-bond donors (Lipinski definition) is 1. The molecule has 0 saturated carbocycles. The van der Waals surface area contributed by atoms with Gasteiger partial charge in [-0.05, 0) is 51.8 Å². The highest BCUT2D eigenvalue weighted by molar-refractivity contribution is 9.10. The summed E-state index contributed by atoms with van der Waals surface area (Å²) in [5.74, 6) is 0.848. The average Bonchev–Trinajstić information content (AvgIpc) is 2.47. The van der Waals surface area contributed by atoms with E-state index in [0.29, 0.717) is 11.6 Å². The Morgan fingerprint density at radius 2 is 1.95 bits per heavy atom. The van der Waals surface area contributed by atoms with Gasteiger partial charge in [0.2, 0.25) is 0 Å². The summed E-state index contributed by atoms with van der Waals surface area (Å²) in [6.45, 7) is 4.88. The molecule has 0 fully saturated rings. The summed E-state index contributed by atoms with van der Waals surface area (Å²) >= 11 is 9.43. The van der Waals surface area contributed by atoms with E-state index in [0.717, 1.165) is 22.5 Å². The number of hydrogen-bond acceptors (Lipinski definition) is 2. The van der Waals surface area contributed by atoms with E-state index < -0.39 is 0 Å². The Bertz CT molecular complexity index is 584. The summed E-state index contributed by atoms with van der Waals surface area (Å²) in [6, 6.07) is 13.8. The van der Waals surface area contributed by atoms with E-state index in [4.69, 9.17) is 16.3 Å². The molecule has 1 N–H and O–H groups in total. The third-order valence-corrected chi connectivity index (χ3v) is 3.94. The third-order valence-electron chi connectivity index (χ3n) is 2.71. The van der Waals surface area contributed by atoms with Crippen molar-refractivity contribution in [3.8, 4) is 5.75 Å². The van der Waals surface area contributed by atoms with Crippen LogP contribution in [0.25, 0.3) is 0 Å². The SMILES string of the molecule is C=CCOc1ccc(CNc2ccc(Br)c(Cl)c2)cc1. The number of halogens is 2. The van der Waals surface area contributed by atoms with Gasteiger partial charge in [-0.3, -0.25) is 0 Å². The summed E-state index contributed by atoms with van der Waals surface area (Å²) < 4.78 is 6.34. The first-order chi connectivity index (χ1) is 9.69. The van der Waals surface area contributed by atoms with Crippen molar-refractivity contribution in [3.63, 3.8) is 0 Å². The van der Waals surface area contributed by atoms with E-state index in [1.165, 1.54) is 5.56 Å². The lowest BCUT2D eigenvalue weighted by Gasteiger charge is -2.09. The molecule has 0 radical (unpaired) electrons. The first-order valence-corrected chi connectivity index (χ1v) is 7.37. The van der Waals surface area contributed by atoms with Crippen LogP contribution in [0.2, 0.25) is 5.02 Å². The van der Waals surface area contributed by atoms with E-state index in [1.807, 2.05) is 42.5 Å². The third kappa shape index (κ3) is 4.29. The van der Waals surface area contributed by atoms with Crippen molar-refractivity contribution < 1.29 is 4.74 Å². The van der Waals surface area contributed by atoms with Gasteiger partial charge in [-0.15, -0.1) is 0 Å². The number of nitrogens with one attached hydrogen (secondary N) is 1. The highest BCUT2D eigenvalue weighted by Crippen LogP contribution is 2.25. The molecule has 104 valence electrons. The maximum Gasteiger partial charge on any atom is 0.119 e. The molecule has 0 bridgehead atoms. The van der Waals surface area contributed by atoms with E-state index in [-0.39, 0.29) is 0 Å². The zero-order valence-corrected chi connectivity index (χ0v) is 13.2. The molecule has 0 aromatic heterocycles. The van der Waals surface area contributed by atoms with Crippen molar-refractivity contribution in [1.82, 2.24) is 0 Å². The van der Waals surface area contributed by atoms with E-state index >= 15 is 0 Å². The maximum absolute atomic E-state index is 6.05. The lowest BCUT2D eigenvalue weighted by atomic mass is 10.2. The minimum atomic E-state index is 0.523. The van der Waals surface area contributed by atoms with Gasteiger partial charge in [0.1, 0.15) is 12.4 Å². The molecule has 0 aliphatic carbocycles. The van der Waals surface area contributed by atoms with Gasteiger partial charge >= 0.3 is 0 Å². The van der Waals surface area contributed by atoms with Crippen LogP contribution in [0, 0.1) is 0 Å². The second kappa shape index (κ2) is 7.36. The summed E-state index contributed by atoms with van der Waals surface area (Å²) in [4.78, 5) is 0. The lowest BCUT2D eigenvalue weighted by Crippen LogP contribution is -1.99. The molecule has 0 spiro atoms. The Kier molecular flexibility index (Phi) is 5.50. The van der Waals surface area contributed by atoms with Gasteiger partial charge in [0.05, 0.1) is 5.02 Å². The first-order valence-electron chi connectivity index (χ1n) is 6.20. The van der Waals surface area contributed by atoms with E-state index in [2.05, 4.69) is 27.8 Å². The Hall–Kier alpha value is -1.45. The molecule has 4 heteroatoms. The van der Waals surface area contributed by atoms with Crippen molar-refractivity contribution in [3.05, 3.63) is 70.2 Å². The van der Waals surface area contributed by atoms with Gasteiger partial charge in [0.25, 0.3) is 0 Å². The van der Waals surface area contributed by atoms with Crippen molar-refractivity contribution >= 4 is 33.2 Å². The van der Waals surface area contributed by atoms with Crippen LogP contribution in [-0.4, -0.2) is 6.61 Å². The fraction of sp³-hybridized carbons (Fsp3) is 0.125. The molecule has 0 heterocycles. The molecule has 2 aromatic rings. The van der Waals surface area contributed by atoms with E-state index in [1.54, 1.807) is 6.08 Å². The summed E-state index contributed by atoms with van der Waals surface area (Å²) in [6.07, 6.45) is 1.73. The van der Waals surface area contributed by atoms with Crippen LogP contribution in [0.4, 0.5) is 5.69 Å². The molecule has 2 nitrogen and oxygen atoms in total. The first kappa shape index (κ1) is 14.9. The molecular weight excluding hydrogens is 338 g/mol. The second-order valence-electron chi connectivity index (χ2n) is 4.23. The van der Waals surface area contributed by atoms with Crippen LogP contribution in [0.15, 0.2) is 59.6 Å². The number of anilines is 1. The summed E-state index contributed by atoms with van der Waals surface area (Å²) in [7, 11) is 0. The standard InChI is InChI=1S/C16H15BrClNO/c1-2-9-20-14-6-3-12(4-7-14)11-19-13-5-8-15(17)16(18)10-13/h2-8,10,19H,1,9,11H2. The predicted octanol–water partition coefficient (Wildman–Crippen LogP) is 5.28. The highest BCUT2D eigenvalue weighted by Gasteiger charge is 1.99. The number of benzene rings is 2. The quantitative estimate of drug-likeness (QED) is 0.714. The zero-order chi connectivity index (χ0) is 14.4. The van der Waals surface area contributed by atoms with Gasteiger partial charge in [-0.25, -0.2) is 0 Å². The fourth-order valence-corrected chi connectivity index (χ4v) is 2.10. The van der Waals surface area contributed by atoms with E-state index in [9.17, 15) is 0 Å². The molecule has 2 rings (SSSR count). The largest absolute Gasteiger partial charge is 0.490 e. The Labute approximate surface area is 132 Å². The Morgan fingerprint density at radius 1 is 1.20 bits per heavy atom. The monoisotopic (exact) mass is 351 g/mol. The second-order valence-corrected chi connectivity index (χ2v) is 5.49. The van der Waals surface area contributed by atoms with Crippen LogP contribution in [0.3, 0.4) is 0 Å². The molecular formula is C16H15BrClNO. The summed E-state index contributed by atoms with van der Waals surface area (Å²) in [5.41, 5.74) is 2.17. The van der Waals surface area contributed by atoms with Crippen LogP contribution >= 0.6 is 27.5 Å². The van der Waals surface area contributed by atoms with Crippen LogP contribution in [0.1, 0.15) is 5.56 Å². The normalized spacial score (nSPS) is 10.1. The minimum Gasteiger partial charge on any atom is -0.490 e. The Morgan fingerprint density at radius 3 is 2.60 bits per heavy atom. The molecule has 2 aromatic carbocycles. The van der Waals surface area contributed by atoms with Crippen molar-refractivity contribution in [1.29, 1.82) is 0 Å². The van der Waals surface area contributed by atoms with Crippen LogP contribution < -0.4 is 10.1 Å². The molecule has 0 aliphatic heterocycles. The lowest BCUT2D eigenvalue weighted by molar-refractivity contribution is 0.363. The van der Waals surface area contributed by atoms with Gasteiger partial charge in [0.15, 0.2) is 0 Å².